The molecule has 0 aliphatic carbocycles. The van der Waals surface area contributed by atoms with E-state index in [9.17, 15) is 18.0 Å². The molecule has 0 saturated carbocycles. The number of hydrogen-bond acceptors (Lipinski definition) is 3. The molecule has 21 heavy (non-hydrogen) atoms. The Bertz CT molecular complexity index is 481. The molecule has 0 atom stereocenters. The summed E-state index contributed by atoms with van der Waals surface area (Å²) in [5.74, 6) is -0.291. The minimum absolute atomic E-state index is 0.0962. The molecule has 0 aliphatic rings. The number of rotatable bonds is 7. The maximum absolute atomic E-state index is 11.8. The summed E-state index contributed by atoms with van der Waals surface area (Å²) < 4.78 is 40.3. The van der Waals surface area contributed by atoms with Crippen molar-refractivity contribution in [3.05, 3.63) is 23.2 Å². The number of nitrogens with one attached hydrogen (secondary N) is 1. The third-order valence-electron chi connectivity index (χ3n) is 2.49. The first-order valence-corrected chi connectivity index (χ1v) is 6.65. The Labute approximate surface area is 125 Å². The summed E-state index contributed by atoms with van der Waals surface area (Å²) in [7, 11) is 0. The number of nitrogen functional groups attached to an aromatic ring is 1. The quantitative estimate of drug-likeness (QED) is 0.595. The summed E-state index contributed by atoms with van der Waals surface area (Å²) in [5.41, 5.74) is 6.44. The fourth-order valence-electron chi connectivity index (χ4n) is 1.47. The van der Waals surface area contributed by atoms with Crippen molar-refractivity contribution in [2.45, 2.75) is 25.4 Å². The maximum atomic E-state index is 11.8. The molecule has 0 radical (unpaired) electrons. The number of carbonyl (C=O) groups excluding carboxylic acids is 1. The Morgan fingerprint density at radius 1 is 1.33 bits per heavy atom. The van der Waals surface area contributed by atoms with Crippen LogP contribution in [0.3, 0.4) is 0 Å². The van der Waals surface area contributed by atoms with Gasteiger partial charge in [-0.25, -0.2) is 0 Å². The predicted octanol–water partition coefficient (Wildman–Crippen LogP) is 3.61. The van der Waals surface area contributed by atoms with Crippen LogP contribution in [-0.2, 0) is 9.53 Å². The number of benzene rings is 1. The van der Waals surface area contributed by atoms with Crippen LogP contribution in [-0.4, -0.2) is 25.3 Å². The maximum Gasteiger partial charge on any atom is 0.391 e. The van der Waals surface area contributed by atoms with Gasteiger partial charge in [0.2, 0.25) is 5.91 Å². The van der Waals surface area contributed by atoms with Crippen LogP contribution in [0.5, 0.6) is 0 Å². The second-order valence-electron chi connectivity index (χ2n) is 4.37. The van der Waals surface area contributed by atoms with Gasteiger partial charge in [0.25, 0.3) is 0 Å². The van der Waals surface area contributed by atoms with Crippen molar-refractivity contribution < 1.29 is 22.7 Å². The molecule has 0 fully saturated rings. The second kappa shape index (κ2) is 8.09. The molecule has 3 N–H and O–H groups in total. The van der Waals surface area contributed by atoms with E-state index in [1.54, 1.807) is 12.1 Å². The first kappa shape index (κ1) is 17.6. The monoisotopic (exact) mass is 324 g/mol. The zero-order chi connectivity index (χ0) is 15.9. The fraction of sp³-hybridized carbons (Fsp3) is 0.462. The van der Waals surface area contributed by atoms with Gasteiger partial charge in [-0.05, 0) is 24.6 Å². The van der Waals surface area contributed by atoms with E-state index in [0.29, 0.717) is 22.8 Å². The van der Waals surface area contributed by atoms with Gasteiger partial charge in [-0.2, -0.15) is 13.2 Å². The van der Waals surface area contributed by atoms with Gasteiger partial charge in [0.05, 0.1) is 23.7 Å². The van der Waals surface area contributed by atoms with E-state index < -0.39 is 19.2 Å². The number of alkyl halides is 3. The fourth-order valence-corrected chi connectivity index (χ4v) is 1.71. The molecule has 0 spiro atoms. The highest BCUT2D eigenvalue weighted by Crippen LogP contribution is 2.24. The molecular formula is C13H16ClF3N2O2. The molecule has 0 bridgehead atoms. The van der Waals surface area contributed by atoms with Crippen molar-refractivity contribution >= 4 is 28.9 Å². The minimum atomic E-state index is -4.22. The van der Waals surface area contributed by atoms with Gasteiger partial charge in [0.1, 0.15) is 0 Å². The summed E-state index contributed by atoms with van der Waals surface area (Å²) >= 11 is 5.89. The van der Waals surface area contributed by atoms with E-state index in [1.165, 1.54) is 6.07 Å². The normalized spacial score (nSPS) is 11.4. The van der Waals surface area contributed by atoms with E-state index in [0.717, 1.165) is 0 Å². The van der Waals surface area contributed by atoms with Crippen molar-refractivity contribution in [2.24, 2.45) is 0 Å². The number of anilines is 2. The van der Waals surface area contributed by atoms with E-state index >= 15 is 0 Å². The first-order chi connectivity index (χ1) is 9.78. The zero-order valence-electron chi connectivity index (χ0n) is 11.2. The highest BCUT2D eigenvalue weighted by atomic mass is 35.5. The Balaban J connectivity index is 2.20. The Kier molecular flexibility index (Phi) is 6.77. The number of halogens is 4. The van der Waals surface area contributed by atoms with Crippen LogP contribution >= 0.6 is 11.6 Å². The van der Waals surface area contributed by atoms with Gasteiger partial charge >= 0.3 is 6.18 Å². The summed E-state index contributed by atoms with van der Waals surface area (Å²) in [4.78, 5) is 11.6. The third kappa shape index (κ3) is 7.77. The number of hydrogen-bond donors (Lipinski definition) is 2. The highest BCUT2D eigenvalue weighted by Gasteiger charge is 2.26. The van der Waals surface area contributed by atoms with E-state index in [1.807, 2.05) is 0 Å². The Morgan fingerprint density at radius 2 is 2.05 bits per heavy atom. The number of carbonyl (C=O) groups is 1. The zero-order valence-corrected chi connectivity index (χ0v) is 11.9. The van der Waals surface area contributed by atoms with Gasteiger partial charge in [-0.3, -0.25) is 4.79 Å². The third-order valence-corrected chi connectivity index (χ3v) is 2.80. The van der Waals surface area contributed by atoms with Crippen LogP contribution in [0.1, 0.15) is 19.3 Å². The summed E-state index contributed by atoms with van der Waals surface area (Å²) in [5, 5.41) is 2.91. The van der Waals surface area contributed by atoms with Crippen LogP contribution in [0, 0.1) is 0 Å². The molecule has 1 aromatic rings. The van der Waals surface area contributed by atoms with Crippen LogP contribution in [0.2, 0.25) is 5.02 Å². The van der Waals surface area contributed by atoms with Gasteiger partial charge in [0, 0.05) is 18.7 Å². The average Bonchev–Trinajstić information content (AvgIpc) is 2.36. The lowest BCUT2D eigenvalue weighted by atomic mass is 10.2. The van der Waals surface area contributed by atoms with E-state index in [-0.39, 0.29) is 18.9 Å². The van der Waals surface area contributed by atoms with Crippen molar-refractivity contribution in [3.63, 3.8) is 0 Å². The van der Waals surface area contributed by atoms with Gasteiger partial charge in [-0.15, -0.1) is 0 Å². The van der Waals surface area contributed by atoms with Crippen LogP contribution in [0.15, 0.2) is 18.2 Å². The molecule has 0 saturated heterocycles. The topological polar surface area (TPSA) is 64.3 Å². The molecule has 1 aromatic carbocycles. The lowest BCUT2D eigenvalue weighted by molar-refractivity contribution is -0.145. The number of amides is 1. The van der Waals surface area contributed by atoms with E-state index in [2.05, 4.69) is 5.32 Å². The molecular weight excluding hydrogens is 309 g/mol. The summed E-state index contributed by atoms with van der Waals surface area (Å²) in [6.45, 7) is -0.298. The van der Waals surface area contributed by atoms with Gasteiger partial charge in [0.15, 0.2) is 0 Å². The van der Waals surface area contributed by atoms with E-state index in [4.69, 9.17) is 22.1 Å². The molecule has 1 rings (SSSR count). The van der Waals surface area contributed by atoms with Crippen LogP contribution in [0.4, 0.5) is 24.5 Å². The van der Waals surface area contributed by atoms with Crippen LogP contribution in [0.25, 0.3) is 0 Å². The summed E-state index contributed by atoms with van der Waals surface area (Å²) in [6.07, 6.45) is -4.74. The molecule has 0 heterocycles. The first-order valence-electron chi connectivity index (χ1n) is 6.27. The number of ether oxygens (including phenoxy) is 1. The number of nitrogens with two attached hydrogens (primary N) is 1. The smallest absolute Gasteiger partial charge is 0.391 e. The highest BCUT2D eigenvalue weighted by molar-refractivity contribution is 6.34. The largest absolute Gasteiger partial charge is 0.399 e. The molecule has 0 aliphatic heterocycles. The van der Waals surface area contributed by atoms with Crippen molar-refractivity contribution in [1.82, 2.24) is 0 Å². The molecule has 0 aromatic heterocycles. The molecule has 0 unspecified atom stereocenters. The Morgan fingerprint density at radius 3 is 2.67 bits per heavy atom. The molecule has 8 heteroatoms. The molecule has 4 nitrogen and oxygen atoms in total. The summed E-state index contributed by atoms with van der Waals surface area (Å²) in [6, 6.07) is 4.69. The van der Waals surface area contributed by atoms with Crippen molar-refractivity contribution in [3.8, 4) is 0 Å². The second-order valence-corrected chi connectivity index (χ2v) is 4.78. The average molecular weight is 325 g/mol. The lowest BCUT2D eigenvalue weighted by Gasteiger charge is -2.09. The van der Waals surface area contributed by atoms with Gasteiger partial charge in [-0.1, -0.05) is 11.6 Å². The SMILES string of the molecule is Nc1ccc(NC(=O)CCCOCCC(F)(F)F)c(Cl)c1. The van der Waals surface area contributed by atoms with Crippen molar-refractivity contribution in [1.29, 1.82) is 0 Å². The van der Waals surface area contributed by atoms with Gasteiger partial charge < -0.3 is 15.8 Å². The van der Waals surface area contributed by atoms with Crippen LogP contribution < -0.4 is 11.1 Å². The molecule has 1 amide bonds. The lowest BCUT2D eigenvalue weighted by Crippen LogP contribution is -2.14. The Hall–Kier alpha value is -1.47. The van der Waals surface area contributed by atoms with Crippen molar-refractivity contribution in [2.75, 3.05) is 24.3 Å². The minimum Gasteiger partial charge on any atom is -0.399 e. The predicted molar refractivity (Wildman–Crippen MR) is 75.2 cm³/mol. The standard InChI is InChI=1S/C13H16ClF3N2O2/c14-10-8-9(18)3-4-11(10)19-12(20)2-1-6-21-7-5-13(15,16)17/h3-4,8H,1-2,5-7,18H2,(H,19,20). The molecule has 118 valence electrons.